The topological polar surface area (TPSA) is 34.1 Å². The number of benzene rings is 1. The standard InChI is InChI=1S/C22H34N2OS/c1-10-25-19-16(21(3,4)5)11-15(12-17(19)22(6,7)8)18-13-26-20(24-18)14(2)23-9/h11-14,23H,10H2,1-9H3. The predicted molar refractivity (Wildman–Crippen MR) is 114 cm³/mol. The van der Waals surface area contributed by atoms with Crippen molar-refractivity contribution in [3.8, 4) is 17.0 Å². The molecule has 2 aromatic rings. The SMILES string of the molecule is CCOc1c(C(C)(C)C)cc(-c2csc(C(C)NC)n2)cc1C(C)(C)C. The molecule has 4 heteroatoms. The fraction of sp³-hybridized carbons (Fsp3) is 0.591. The largest absolute Gasteiger partial charge is 0.493 e. The summed E-state index contributed by atoms with van der Waals surface area (Å²) < 4.78 is 6.15. The maximum absolute atomic E-state index is 6.15. The van der Waals surface area contributed by atoms with E-state index < -0.39 is 0 Å². The van der Waals surface area contributed by atoms with Crippen LogP contribution in [0.25, 0.3) is 11.3 Å². The zero-order chi connectivity index (χ0) is 19.7. The van der Waals surface area contributed by atoms with Crippen molar-refractivity contribution in [1.82, 2.24) is 10.3 Å². The molecule has 0 aliphatic rings. The Kier molecular flexibility index (Phi) is 6.19. The molecule has 1 N–H and O–H groups in total. The summed E-state index contributed by atoms with van der Waals surface area (Å²) in [6, 6.07) is 4.80. The number of nitrogens with zero attached hydrogens (tertiary/aromatic N) is 1. The average molecular weight is 375 g/mol. The van der Waals surface area contributed by atoms with Crippen LogP contribution < -0.4 is 10.1 Å². The van der Waals surface area contributed by atoms with Gasteiger partial charge >= 0.3 is 0 Å². The van der Waals surface area contributed by atoms with E-state index in [-0.39, 0.29) is 16.9 Å². The first-order chi connectivity index (χ1) is 12.0. The summed E-state index contributed by atoms with van der Waals surface area (Å²) in [6.45, 7) is 18.3. The first kappa shape index (κ1) is 20.9. The minimum absolute atomic E-state index is 0.00235. The van der Waals surface area contributed by atoms with E-state index in [9.17, 15) is 0 Å². The zero-order valence-electron chi connectivity index (χ0n) is 17.8. The minimum Gasteiger partial charge on any atom is -0.493 e. The lowest BCUT2D eigenvalue weighted by molar-refractivity contribution is 0.319. The van der Waals surface area contributed by atoms with Gasteiger partial charge in [-0.1, -0.05) is 41.5 Å². The van der Waals surface area contributed by atoms with Gasteiger partial charge in [0.1, 0.15) is 10.8 Å². The van der Waals surface area contributed by atoms with Crippen LogP contribution in [0.15, 0.2) is 17.5 Å². The molecule has 1 unspecified atom stereocenters. The molecule has 1 atom stereocenters. The summed E-state index contributed by atoms with van der Waals surface area (Å²) >= 11 is 1.71. The minimum atomic E-state index is -0.00235. The van der Waals surface area contributed by atoms with E-state index in [1.54, 1.807) is 11.3 Å². The smallest absolute Gasteiger partial charge is 0.126 e. The van der Waals surface area contributed by atoms with E-state index in [0.29, 0.717) is 6.61 Å². The van der Waals surface area contributed by atoms with Gasteiger partial charge in [0, 0.05) is 22.1 Å². The summed E-state index contributed by atoms with van der Waals surface area (Å²) in [5.74, 6) is 1.04. The van der Waals surface area contributed by atoms with Gasteiger partial charge in [-0.15, -0.1) is 11.3 Å². The highest BCUT2D eigenvalue weighted by Gasteiger charge is 2.28. The van der Waals surface area contributed by atoms with Gasteiger partial charge in [0.25, 0.3) is 0 Å². The third-order valence-corrected chi connectivity index (χ3v) is 5.64. The van der Waals surface area contributed by atoms with Crippen LogP contribution in [0.2, 0.25) is 0 Å². The van der Waals surface area contributed by atoms with Gasteiger partial charge in [0.15, 0.2) is 0 Å². The summed E-state index contributed by atoms with van der Waals surface area (Å²) in [6.07, 6.45) is 0. The van der Waals surface area contributed by atoms with Crippen LogP contribution in [0.4, 0.5) is 0 Å². The molecule has 0 spiro atoms. The maximum Gasteiger partial charge on any atom is 0.126 e. The van der Waals surface area contributed by atoms with Gasteiger partial charge in [-0.3, -0.25) is 0 Å². The van der Waals surface area contributed by atoms with Crippen LogP contribution >= 0.6 is 11.3 Å². The monoisotopic (exact) mass is 374 g/mol. The second-order valence-electron chi connectivity index (χ2n) is 8.91. The van der Waals surface area contributed by atoms with Crippen molar-refractivity contribution in [2.24, 2.45) is 0 Å². The normalized spacial score (nSPS) is 13.7. The van der Waals surface area contributed by atoms with Gasteiger partial charge in [-0.05, 0) is 43.9 Å². The number of nitrogens with one attached hydrogen (secondary N) is 1. The molecule has 0 bridgehead atoms. The quantitative estimate of drug-likeness (QED) is 0.688. The third-order valence-electron chi connectivity index (χ3n) is 4.61. The van der Waals surface area contributed by atoms with Crippen molar-refractivity contribution < 1.29 is 4.74 Å². The Hall–Kier alpha value is -1.39. The summed E-state index contributed by atoms with van der Waals surface area (Å²) in [4.78, 5) is 4.89. The number of thiazole rings is 1. The van der Waals surface area contributed by atoms with Crippen LogP contribution in [-0.2, 0) is 10.8 Å². The van der Waals surface area contributed by atoms with Gasteiger partial charge in [-0.2, -0.15) is 0 Å². The number of aromatic nitrogens is 1. The maximum atomic E-state index is 6.15. The molecule has 1 aromatic heterocycles. The molecule has 26 heavy (non-hydrogen) atoms. The second-order valence-corrected chi connectivity index (χ2v) is 9.80. The molecule has 0 saturated carbocycles. The van der Waals surface area contributed by atoms with Crippen LogP contribution in [0.3, 0.4) is 0 Å². The summed E-state index contributed by atoms with van der Waals surface area (Å²) in [5, 5.41) is 6.55. The molecule has 1 heterocycles. The van der Waals surface area contributed by atoms with Gasteiger partial charge in [0.05, 0.1) is 18.3 Å². The number of ether oxygens (including phenoxy) is 1. The molecule has 2 rings (SSSR count). The Morgan fingerprint density at radius 2 is 1.62 bits per heavy atom. The first-order valence-corrected chi connectivity index (χ1v) is 10.3. The molecule has 0 saturated heterocycles. The molecule has 3 nitrogen and oxygen atoms in total. The highest BCUT2D eigenvalue weighted by atomic mass is 32.1. The van der Waals surface area contributed by atoms with E-state index in [1.165, 1.54) is 16.7 Å². The number of rotatable bonds is 5. The van der Waals surface area contributed by atoms with Crippen molar-refractivity contribution in [2.75, 3.05) is 13.7 Å². The van der Waals surface area contributed by atoms with Crippen molar-refractivity contribution in [2.45, 2.75) is 72.3 Å². The molecule has 0 radical (unpaired) electrons. The summed E-state index contributed by atoms with van der Waals surface area (Å²) in [7, 11) is 1.97. The Labute approximate surface area is 163 Å². The number of hydrogen-bond acceptors (Lipinski definition) is 4. The van der Waals surface area contributed by atoms with Crippen LogP contribution in [0, 0.1) is 0 Å². The molecular formula is C22H34N2OS. The van der Waals surface area contributed by atoms with E-state index in [2.05, 4.69) is 78.2 Å². The molecule has 0 aliphatic heterocycles. The van der Waals surface area contributed by atoms with Crippen molar-refractivity contribution in [1.29, 1.82) is 0 Å². The number of hydrogen-bond donors (Lipinski definition) is 1. The van der Waals surface area contributed by atoms with Crippen molar-refractivity contribution in [3.05, 3.63) is 33.6 Å². The predicted octanol–water partition coefficient (Wildman–Crippen LogP) is 6.08. The fourth-order valence-corrected chi connectivity index (χ4v) is 3.83. The Bertz CT molecular complexity index is 715. The first-order valence-electron chi connectivity index (χ1n) is 9.44. The molecule has 0 amide bonds. The van der Waals surface area contributed by atoms with E-state index in [1.807, 2.05) is 7.05 Å². The van der Waals surface area contributed by atoms with Gasteiger partial charge in [0.2, 0.25) is 0 Å². The van der Waals surface area contributed by atoms with E-state index in [4.69, 9.17) is 9.72 Å². The Morgan fingerprint density at radius 1 is 1.08 bits per heavy atom. The Morgan fingerprint density at radius 3 is 2.04 bits per heavy atom. The molecule has 1 aromatic carbocycles. The van der Waals surface area contributed by atoms with Crippen molar-refractivity contribution in [3.63, 3.8) is 0 Å². The highest BCUT2D eigenvalue weighted by molar-refractivity contribution is 7.10. The van der Waals surface area contributed by atoms with Crippen LogP contribution in [-0.4, -0.2) is 18.6 Å². The van der Waals surface area contributed by atoms with Gasteiger partial charge in [-0.25, -0.2) is 4.98 Å². The van der Waals surface area contributed by atoms with Crippen LogP contribution in [0.1, 0.15) is 77.6 Å². The van der Waals surface area contributed by atoms with E-state index in [0.717, 1.165) is 16.5 Å². The zero-order valence-corrected chi connectivity index (χ0v) is 18.6. The van der Waals surface area contributed by atoms with Gasteiger partial charge < -0.3 is 10.1 Å². The average Bonchev–Trinajstić information content (AvgIpc) is 3.02. The fourth-order valence-electron chi connectivity index (χ4n) is 2.93. The Balaban J connectivity index is 2.70. The molecule has 0 fully saturated rings. The van der Waals surface area contributed by atoms with E-state index >= 15 is 0 Å². The molecule has 0 aliphatic carbocycles. The third kappa shape index (κ3) is 4.47. The van der Waals surface area contributed by atoms with Crippen molar-refractivity contribution >= 4 is 11.3 Å². The highest BCUT2D eigenvalue weighted by Crippen LogP contribution is 2.43. The molecule has 144 valence electrons. The molecular weight excluding hydrogens is 340 g/mol. The lowest BCUT2D eigenvalue weighted by atomic mass is 9.78. The lowest BCUT2D eigenvalue weighted by Gasteiger charge is -2.30. The van der Waals surface area contributed by atoms with Crippen LogP contribution in [0.5, 0.6) is 5.75 Å². The lowest BCUT2D eigenvalue weighted by Crippen LogP contribution is -2.20. The second kappa shape index (κ2) is 7.69. The summed E-state index contributed by atoms with van der Waals surface area (Å²) in [5.41, 5.74) is 4.71.